The SMILES string of the molecule is CNc1cc(-c2ccc3ncc(C#N)n3n2)cnc1OC. The van der Waals surface area contributed by atoms with Crippen molar-refractivity contribution in [2.45, 2.75) is 0 Å². The highest BCUT2D eigenvalue weighted by Crippen LogP contribution is 2.26. The van der Waals surface area contributed by atoms with E-state index in [2.05, 4.69) is 26.5 Å². The van der Waals surface area contributed by atoms with Crippen LogP contribution < -0.4 is 10.1 Å². The lowest BCUT2D eigenvalue weighted by Gasteiger charge is -2.09. The van der Waals surface area contributed by atoms with Crippen molar-refractivity contribution in [2.24, 2.45) is 0 Å². The first kappa shape index (κ1) is 12.9. The van der Waals surface area contributed by atoms with Gasteiger partial charge in [0.1, 0.15) is 6.07 Å². The largest absolute Gasteiger partial charge is 0.480 e. The molecule has 0 spiro atoms. The first-order valence-corrected chi connectivity index (χ1v) is 6.24. The predicted octanol–water partition coefficient (Wildman–Crippen LogP) is 1.71. The molecular formula is C14H12N6O. The van der Waals surface area contributed by atoms with Crippen LogP contribution in [0.15, 0.2) is 30.6 Å². The van der Waals surface area contributed by atoms with Crippen LogP contribution in [0.1, 0.15) is 5.69 Å². The van der Waals surface area contributed by atoms with Crippen LogP contribution in [0.25, 0.3) is 16.9 Å². The average molecular weight is 280 g/mol. The Morgan fingerprint density at radius 2 is 2.14 bits per heavy atom. The molecule has 104 valence electrons. The van der Waals surface area contributed by atoms with E-state index in [9.17, 15) is 0 Å². The molecule has 1 N–H and O–H groups in total. The van der Waals surface area contributed by atoms with Gasteiger partial charge in [-0.1, -0.05) is 0 Å². The van der Waals surface area contributed by atoms with Crippen molar-refractivity contribution in [3.8, 4) is 23.2 Å². The van der Waals surface area contributed by atoms with Gasteiger partial charge in [-0.25, -0.2) is 14.5 Å². The summed E-state index contributed by atoms with van der Waals surface area (Å²) in [6.07, 6.45) is 3.17. The molecule has 0 aliphatic carbocycles. The average Bonchev–Trinajstić information content (AvgIpc) is 2.96. The van der Waals surface area contributed by atoms with Gasteiger partial charge in [-0.05, 0) is 18.2 Å². The summed E-state index contributed by atoms with van der Waals surface area (Å²) in [7, 11) is 3.36. The minimum Gasteiger partial charge on any atom is -0.480 e. The Morgan fingerprint density at radius 3 is 2.86 bits per heavy atom. The Kier molecular flexibility index (Phi) is 3.12. The van der Waals surface area contributed by atoms with E-state index in [0.29, 0.717) is 22.9 Å². The Labute approximate surface area is 120 Å². The summed E-state index contributed by atoms with van der Waals surface area (Å²) in [5.41, 5.74) is 3.30. The Hall–Kier alpha value is -3.14. The summed E-state index contributed by atoms with van der Waals surface area (Å²) in [6.45, 7) is 0. The molecule has 7 nitrogen and oxygen atoms in total. The molecule has 7 heteroatoms. The van der Waals surface area contributed by atoms with Gasteiger partial charge in [0.2, 0.25) is 5.88 Å². The van der Waals surface area contributed by atoms with Crippen molar-refractivity contribution < 1.29 is 4.74 Å². The molecule has 0 aliphatic rings. The van der Waals surface area contributed by atoms with Crippen molar-refractivity contribution in [1.82, 2.24) is 19.6 Å². The van der Waals surface area contributed by atoms with Crippen LogP contribution in [0.5, 0.6) is 5.88 Å². The third kappa shape index (κ3) is 2.12. The fourth-order valence-corrected chi connectivity index (χ4v) is 2.04. The summed E-state index contributed by atoms with van der Waals surface area (Å²) >= 11 is 0. The molecule has 0 bridgehead atoms. The third-order valence-corrected chi connectivity index (χ3v) is 3.09. The number of pyridine rings is 1. The molecule has 0 fully saturated rings. The molecule has 3 aromatic heterocycles. The number of nitriles is 1. The van der Waals surface area contributed by atoms with Gasteiger partial charge >= 0.3 is 0 Å². The summed E-state index contributed by atoms with van der Waals surface area (Å²) in [5, 5.41) is 16.5. The fourth-order valence-electron chi connectivity index (χ4n) is 2.04. The lowest BCUT2D eigenvalue weighted by Crippen LogP contribution is -1.99. The molecule has 0 saturated heterocycles. The van der Waals surface area contributed by atoms with E-state index in [4.69, 9.17) is 10.00 Å². The topological polar surface area (TPSA) is 88.1 Å². The van der Waals surface area contributed by atoms with E-state index in [1.54, 1.807) is 20.4 Å². The van der Waals surface area contributed by atoms with E-state index >= 15 is 0 Å². The van der Waals surface area contributed by atoms with Crippen LogP contribution in [0, 0.1) is 11.3 Å². The van der Waals surface area contributed by atoms with Crippen LogP contribution in [0.4, 0.5) is 5.69 Å². The van der Waals surface area contributed by atoms with E-state index in [1.165, 1.54) is 10.7 Å². The summed E-state index contributed by atoms with van der Waals surface area (Å²) in [5.74, 6) is 0.516. The molecule has 0 unspecified atom stereocenters. The standard InChI is InChI=1S/C14H12N6O/c1-16-12-5-9(7-18-14(12)21-2)11-3-4-13-17-8-10(6-15)20(13)19-11/h3-5,7-8,16H,1-2H3. The van der Waals surface area contributed by atoms with Gasteiger partial charge in [-0.3, -0.25) is 0 Å². The zero-order valence-electron chi connectivity index (χ0n) is 11.5. The predicted molar refractivity (Wildman–Crippen MR) is 77.0 cm³/mol. The number of fused-ring (bicyclic) bond motifs is 1. The molecule has 21 heavy (non-hydrogen) atoms. The van der Waals surface area contributed by atoms with E-state index in [0.717, 1.165) is 11.3 Å². The number of ether oxygens (including phenoxy) is 1. The highest BCUT2D eigenvalue weighted by Gasteiger charge is 2.09. The first-order valence-electron chi connectivity index (χ1n) is 6.24. The van der Waals surface area contributed by atoms with E-state index in [-0.39, 0.29) is 0 Å². The maximum atomic E-state index is 9.05. The van der Waals surface area contributed by atoms with Crippen molar-refractivity contribution in [2.75, 3.05) is 19.5 Å². The van der Waals surface area contributed by atoms with Crippen LogP contribution in [-0.4, -0.2) is 33.7 Å². The number of hydrogen-bond acceptors (Lipinski definition) is 6. The fraction of sp³-hybridized carbons (Fsp3) is 0.143. The molecule has 0 amide bonds. The molecule has 0 atom stereocenters. The normalized spacial score (nSPS) is 10.3. The minimum absolute atomic E-state index is 0.391. The highest BCUT2D eigenvalue weighted by molar-refractivity contribution is 5.67. The lowest BCUT2D eigenvalue weighted by atomic mass is 10.2. The van der Waals surface area contributed by atoms with Crippen molar-refractivity contribution in [3.05, 3.63) is 36.3 Å². The zero-order chi connectivity index (χ0) is 14.8. The van der Waals surface area contributed by atoms with E-state index < -0.39 is 0 Å². The molecule has 0 aromatic carbocycles. The molecule has 3 aromatic rings. The molecule has 3 heterocycles. The maximum absolute atomic E-state index is 9.05. The van der Waals surface area contributed by atoms with Crippen molar-refractivity contribution in [3.63, 3.8) is 0 Å². The van der Waals surface area contributed by atoms with Gasteiger partial charge < -0.3 is 10.1 Å². The number of anilines is 1. The second-order valence-electron chi connectivity index (χ2n) is 4.27. The summed E-state index contributed by atoms with van der Waals surface area (Å²) < 4.78 is 6.68. The number of nitrogens with zero attached hydrogens (tertiary/aromatic N) is 5. The van der Waals surface area contributed by atoms with Crippen LogP contribution in [-0.2, 0) is 0 Å². The highest BCUT2D eigenvalue weighted by atomic mass is 16.5. The van der Waals surface area contributed by atoms with Gasteiger partial charge in [0.05, 0.1) is 24.7 Å². The zero-order valence-corrected chi connectivity index (χ0v) is 11.5. The quantitative estimate of drug-likeness (QED) is 0.785. The van der Waals surface area contributed by atoms with Crippen LogP contribution in [0.2, 0.25) is 0 Å². The lowest BCUT2D eigenvalue weighted by molar-refractivity contribution is 0.400. The number of nitrogens with one attached hydrogen (secondary N) is 1. The smallest absolute Gasteiger partial charge is 0.237 e. The molecular weight excluding hydrogens is 268 g/mol. The number of hydrogen-bond donors (Lipinski definition) is 1. The van der Waals surface area contributed by atoms with Crippen LogP contribution in [0.3, 0.4) is 0 Å². The van der Waals surface area contributed by atoms with Crippen LogP contribution >= 0.6 is 0 Å². The first-order chi connectivity index (χ1) is 10.3. The van der Waals surface area contributed by atoms with Gasteiger partial charge in [0.15, 0.2) is 11.3 Å². The molecule has 0 radical (unpaired) electrons. The summed E-state index contributed by atoms with van der Waals surface area (Å²) in [4.78, 5) is 8.36. The van der Waals surface area contributed by atoms with Gasteiger partial charge in [0.25, 0.3) is 0 Å². The Bertz CT molecular complexity index is 848. The van der Waals surface area contributed by atoms with Crippen molar-refractivity contribution in [1.29, 1.82) is 5.26 Å². The maximum Gasteiger partial charge on any atom is 0.237 e. The van der Waals surface area contributed by atoms with Crippen molar-refractivity contribution >= 4 is 11.3 Å². The minimum atomic E-state index is 0.391. The second-order valence-corrected chi connectivity index (χ2v) is 4.27. The molecule has 0 saturated carbocycles. The second kappa shape index (κ2) is 5.09. The van der Waals surface area contributed by atoms with E-state index in [1.807, 2.05) is 18.2 Å². The van der Waals surface area contributed by atoms with Gasteiger partial charge in [-0.2, -0.15) is 10.4 Å². The monoisotopic (exact) mass is 280 g/mol. The summed E-state index contributed by atoms with van der Waals surface area (Å²) in [6, 6.07) is 7.60. The van der Waals surface area contributed by atoms with Gasteiger partial charge in [-0.15, -0.1) is 0 Å². The number of methoxy groups -OCH3 is 1. The number of aromatic nitrogens is 4. The van der Waals surface area contributed by atoms with Gasteiger partial charge in [0, 0.05) is 18.8 Å². The third-order valence-electron chi connectivity index (χ3n) is 3.09. The number of rotatable bonds is 3. The Balaban J connectivity index is 2.14. The number of imidazole rings is 1. The molecule has 3 rings (SSSR count). The Morgan fingerprint density at radius 1 is 1.29 bits per heavy atom. The molecule has 0 aliphatic heterocycles.